The molecule has 0 unspecified atom stereocenters. The zero-order chi connectivity index (χ0) is 32.6. The van der Waals surface area contributed by atoms with Gasteiger partial charge in [0.25, 0.3) is 0 Å². The highest BCUT2D eigenvalue weighted by molar-refractivity contribution is 7.85. The molecule has 238 valence electrons. The van der Waals surface area contributed by atoms with Crippen molar-refractivity contribution in [1.82, 2.24) is 10.2 Å². The van der Waals surface area contributed by atoms with E-state index in [1.54, 1.807) is 0 Å². The summed E-state index contributed by atoms with van der Waals surface area (Å²) in [5, 5.41) is 2.22. The van der Waals surface area contributed by atoms with Gasteiger partial charge in [-0.3, -0.25) is 13.9 Å². The van der Waals surface area contributed by atoms with E-state index in [1.807, 2.05) is 0 Å². The van der Waals surface area contributed by atoms with Gasteiger partial charge in [0.15, 0.2) is 0 Å². The molecule has 43 heavy (non-hydrogen) atoms. The Morgan fingerprint density at radius 2 is 1.42 bits per heavy atom. The summed E-state index contributed by atoms with van der Waals surface area (Å²) in [6.07, 6.45) is 3.02. The molecule has 2 aromatic rings. The average Bonchev–Trinajstić information content (AvgIpc) is 2.97. The molecular formula is C32H40F6N2O2S. The minimum absolute atomic E-state index is 0.0312. The Labute approximate surface area is 253 Å². The van der Waals surface area contributed by atoms with Gasteiger partial charge in [-0.15, -0.1) is 12.8 Å². The molecular weight excluding hydrogens is 590 g/mol. The van der Waals surface area contributed by atoms with Crippen LogP contribution in [0.25, 0.3) is 0 Å². The van der Waals surface area contributed by atoms with E-state index in [1.165, 1.54) is 58.0 Å². The molecule has 2 aromatic carbocycles. The molecule has 4 nitrogen and oxygen atoms in total. The number of nitrogens with one attached hydrogen (secondary N) is 1. The van der Waals surface area contributed by atoms with Crippen LogP contribution in [-0.4, -0.2) is 52.7 Å². The van der Waals surface area contributed by atoms with Gasteiger partial charge >= 0.3 is 12.4 Å². The highest BCUT2D eigenvalue weighted by atomic mass is 32.2. The first-order valence-corrected chi connectivity index (χ1v) is 15.5. The molecule has 0 spiro atoms. The molecule has 1 amide bonds. The summed E-state index contributed by atoms with van der Waals surface area (Å²) < 4.78 is 88.0. The zero-order valence-corrected chi connectivity index (χ0v) is 25.8. The van der Waals surface area contributed by atoms with Crippen molar-refractivity contribution in [3.63, 3.8) is 0 Å². The van der Waals surface area contributed by atoms with E-state index < -0.39 is 45.6 Å². The fourth-order valence-electron chi connectivity index (χ4n) is 5.54. The van der Waals surface area contributed by atoms with E-state index in [0.29, 0.717) is 24.1 Å². The Morgan fingerprint density at radius 1 is 0.907 bits per heavy atom. The second-order valence-corrected chi connectivity index (χ2v) is 13.0. The number of aryl methyl sites for hydroxylation is 1. The first kappa shape index (κ1) is 36.4. The number of rotatable bonds is 4. The third-order valence-electron chi connectivity index (χ3n) is 8.06. The van der Waals surface area contributed by atoms with Crippen molar-refractivity contribution in [3.8, 4) is 12.8 Å². The molecule has 1 atom stereocenters. The molecule has 0 radical (unpaired) electrons. The van der Waals surface area contributed by atoms with Crippen LogP contribution in [0.15, 0.2) is 42.5 Å². The number of halogens is 6. The number of carbonyl (C=O) groups excluding carboxylic acids is 1. The fourth-order valence-corrected chi connectivity index (χ4v) is 6.82. The Balaban J connectivity index is 0.000000284. The number of nitrogens with zero attached hydrogens (tertiary/aromatic N) is 1. The number of hydrogen-bond acceptors (Lipinski definition) is 3. The Morgan fingerprint density at radius 3 is 1.91 bits per heavy atom. The van der Waals surface area contributed by atoms with Crippen LogP contribution in [0.2, 0.25) is 0 Å². The van der Waals surface area contributed by atoms with Gasteiger partial charge in [-0.05, 0) is 93.8 Å². The van der Waals surface area contributed by atoms with Crippen LogP contribution in [0.5, 0.6) is 0 Å². The Kier molecular flexibility index (Phi) is 12.9. The summed E-state index contributed by atoms with van der Waals surface area (Å²) in [6.45, 7) is 7.17. The van der Waals surface area contributed by atoms with Crippen molar-refractivity contribution in [3.05, 3.63) is 70.3 Å². The normalized spacial score (nSPS) is 21.4. The van der Waals surface area contributed by atoms with Crippen molar-refractivity contribution in [1.29, 1.82) is 0 Å². The molecule has 11 heteroatoms. The second-order valence-electron chi connectivity index (χ2n) is 11.3. The fraction of sp³-hybridized carbons (Fsp3) is 0.531. The molecule has 2 aliphatic heterocycles. The molecule has 2 heterocycles. The summed E-state index contributed by atoms with van der Waals surface area (Å²) in [7, 11) is 0.712. The van der Waals surface area contributed by atoms with E-state index in [4.69, 9.17) is 0 Å². The van der Waals surface area contributed by atoms with E-state index in [-0.39, 0.29) is 11.6 Å². The van der Waals surface area contributed by atoms with Crippen LogP contribution in [0, 0.1) is 19.8 Å². The monoisotopic (exact) mass is 630 g/mol. The first-order valence-electron chi connectivity index (χ1n) is 14.0. The van der Waals surface area contributed by atoms with Gasteiger partial charge in [-0.25, -0.2) is 0 Å². The minimum atomic E-state index is -4.94. The topological polar surface area (TPSA) is 49.4 Å². The van der Waals surface area contributed by atoms with Crippen molar-refractivity contribution < 1.29 is 35.3 Å². The lowest BCUT2D eigenvalue weighted by molar-refractivity contribution is -0.143. The summed E-state index contributed by atoms with van der Waals surface area (Å²) >= 11 is 0. The maximum absolute atomic E-state index is 12.7. The smallest absolute Gasteiger partial charge is 0.358 e. The van der Waals surface area contributed by atoms with Crippen LogP contribution < -0.4 is 5.32 Å². The largest absolute Gasteiger partial charge is 0.416 e. The molecule has 0 bridgehead atoms. The Hall–Kier alpha value is -2.84. The maximum Gasteiger partial charge on any atom is 0.416 e. The predicted octanol–water partition coefficient (Wildman–Crippen LogP) is 7.08. The molecule has 1 N–H and O–H groups in total. The molecule has 2 aliphatic rings. The van der Waals surface area contributed by atoms with Crippen molar-refractivity contribution >= 4 is 16.7 Å². The summed E-state index contributed by atoms with van der Waals surface area (Å²) in [6, 6.07) is 10.7. The molecule has 2 fully saturated rings. The number of amides is 1. The van der Waals surface area contributed by atoms with Gasteiger partial charge in [0, 0.05) is 41.9 Å². The van der Waals surface area contributed by atoms with Gasteiger partial charge in [0.2, 0.25) is 5.91 Å². The highest BCUT2D eigenvalue weighted by Gasteiger charge is 2.40. The van der Waals surface area contributed by atoms with Gasteiger partial charge in [-0.1, -0.05) is 24.3 Å². The third kappa shape index (κ3) is 9.83. The number of benzene rings is 2. The molecule has 0 aromatic heterocycles. The van der Waals surface area contributed by atoms with Gasteiger partial charge in [-0.2, -0.15) is 26.3 Å². The van der Waals surface area contributed by atoms with Crippen LogP contribution in [0.3, 0.4) is 0 Å². The number of terminal acetylenes is 1. The molecule has 2 saturated heterocycles. The van der Waals surface area contributed by atoms with Gasteiger partial charge in [0.1, 0.15) is 0 Å². The van der Waals surface area contributed by atoms with E-state index in [0.717, 1.165) is 24.3 Å². The maximum atomic E-state index is 12.7. The molecule has 4 rings (SSSR count). The van der Waals surface area contributed by atoms with Gasteiger partial charge < -0.3 is 5.32 Å². The lowest BCUT2D eigenvalue weighted by Crippen LogP contribution is -2.45. The van der Waals surface area contributed by atoms with Crippen LogP contribution in [-0.2, 0) is 33.4 Å². The summed E-state index contributed by atoms with van der Waals surface area (Å²) in [5.74, 6) is 1.83. The SMILES string of the molecule is C#C.CNC(=O)C(C)(C)c1cc(C(F)(F)F)cc(C(F)(F)F)c1.Cc1ccccc1[C@@H]1CCCN(C2CCS(=O)CC2)C1. The standard InChI is InChI=1S/C17H25NOS.C13H13F6NO.C2H2/c1-14-5-2-3-7-17(14)15-6-4-10-18(13-15)16-8-11-20(19)12-9-16;1-11(2,10(21)20-3)7-4-8(12(14,15)16)6-9(5-7)13(17,18)19;1-2/h2-3,5,7,15-16H,4,6,8-13H2,1H3;4-6H,1-3H3,(H,20,21);1-2H/t15-,16?,20?;;/m1../s1. The quantitative estimate of drug-likeness (QED) is 0.290. The molecule has 0 aliphatic carbocycles. The Bertz CT molecular complexity index is 1230. The second kappa shape index (κ2) is 15.2. The van der Waals surface area contributed by atoms with E-state index >= 15 is 0 Å². The summed E-state index contributed by atoms with van der Waals surface area (Å²) in [5.41, 5.74) is -1.80. The van der Waals surface area contributed by atoms with Crippen LogP contribution in [0.4, 0.5) is 26.3 Å². The molecule has 0 saturated carbocycles. The number of hydrogen-bond donors (Lipinski definition) is 1. The average molecular weight is 631 g/mol. The van der Waals surface area contributed by atoms with Gasteiger partial charge in [0.05, 0.1) is 16.5 Å². The van der Waals surface area contributed by atoms with Crippen molar-refractivity contribution in [2.45, 2.75) is 76.2 Å². The van der Waals surface area contributed by atoms with E-state index in [9.17, 15) is 35.3 Å². The lowest BCUT2D eigenvalue weighted by atomic mass is 9.82. The van der Waals surface area contributed by atoms with Crippen LogP contribution >= 0.6 is 0 Å². The number of alkyl halides is 6. The number of piperidine rings is 1. The lowest BCUT2D eigenvalue weighted by Gasteiger charge is -2.40. The number of likely N-dealkylation sites (tertiary alicyclic amines) is 1. The minimum Gasteiger partial charge on any atom is -0.358 e. The van der Waals surface area contributed by atoms with E-state index in [2.05, 4.69) is 54.3 Å². The number of carbonyl (C=O) groups is 1. The predicted molar refractivity (Wildman–Crippen MR) is 159 cm³/mol. The first-order chi connectivity index (χ1) is 20.0. The number of likely N-dealkylation sites (N-methyl/N-ethyl adjacent to an activating group) is 1. The van der Waals surface area contributed by atoms with Crippen LogP contribution in [0.1, 0.15) is 73.3 Å². The van der Waals surface area contributed by atoms with Crippen molar-refractivity contribution in [2.75, 3.05) is 31.6 Å². The van der Waals surface area contributed by atoms with Crippen molar-refractivity contribution in [2.24, 2.45) is 0 Å². The zero-order valence-electron chi connectivity index (χ0n) is 24.9. The summed E-state index contributed by atoms with van der Waals surface area (Å²) in [4.78, 5) is 14.4. The third-order valence-corrected chi connectivity index (χ3v) is 9.44. The highest BCUT2D eigenvalue weighted by Crippen LogP contribution is 2.39.